The summed E-state index contributed by atoms with van der Waals surface area (Å²) in [6.07, 6.45) is -0.187. The molecule has 2 aromatic carbocycles. The summed E-state index contributed by atoms with van der Waals surface area (Å²) in [5.41, 5.74) is 0.845. The van der Waals surface area contributed by atoms with Gasteiger partial charge in [0.1, 0.15) is 11.6 Å². The fraction of sp³-hybridized carbons (Fsp3) is 0.250. The molecule has 2 rings (SSSR count). The second-order valence-corrected chi connectivity index (χ2v) is 6.22. The van der Waals surface area contributed by atoms with E-state index in [1.165, 1.54) is 6.92 Å². The molecule has 2 N–H and O–H groups in total. The maximum atomic E-state index is 14.0. The van der Waals surface area contributed by atoms with Gasteiger partial charge in [-0.05, 0) is 18.6 Å². The average Bonchev–Trinajstić information content (AvgIpc) is 2.63. The zero-order valence-electron chi connectivity index (χ0n) is 15.6. The lowest BCUT2D eigenvalue weighted by atomic mass is 10.0. The van der Waals surface area contributed by atoms with Gasteiger partial charge in [0, 0.05) is 13.0 Å². The van der Waals surface area contributed by atoms with Gasteiger partial charge >= 0.3 is 5.97 Å². The number of carbonyl (C=O) groups is 3. The Hall–Kier alpha value is -3.29. The minimum atomic E-state index is -1.10. The van der Waals surface area contributed by atoms with Crippen molar-refractivity contribution in [1.82, 2.24) is 5.32 Å². The number of methoxy groups -OCH3 is 1. The number of halogens is 2. The Morgan fingerprint density at radius 2 is 1.71 bits per heavy atom. The van der Waals surface area contributed by atoms with E-state index < -0.39 is 35.1 Å². The van der Waals surface area contributed by atoms with Gasteiger partial charge in [0.15, 0.2) is 0 Å². The molecule has 0 aliphatic rings. The molecule has 2 aromatic rings. The summed E-state index contributed by atoms with van der Waals surface area (Å²) in [4.78, 5) is 35.4. The summed E-state index contributed by atoms with van der Waals surface area (Å²) in [5, 5.41) is 4.97. The number of aryl methyl sites for hydroxylation is 1. The van der Waals surface area contributed by atoms with Crippen LogP contribution in [0.4, 0.5) is 14.5 Å². The maximum Gasteiger partial charge on any atom is 0.340 e. The predicted molar refractivity (Wildman–Crippen MR) is 98.7 cm³/mol. The van der Waals surface area contributed by atoms with Crippen LogP contribution in [0.1, 0.15) is 40.9 Å². The van der Waals surface area contributed by atoms with Crippen molar-refractivity contribution in [3.05, 3.63) is 64.7 Å². The van der Waals surface area contributed by atoms with E-state index in [-0.39, 0.29) is 18.0 Å². The van der Waals surface area contributed by atoms with E-state index in [4.69, 9.17) is 0 Å². The van der Waals surface area contributed by atoms with E-state index in [0.29, 0.717) is 11.6 Å². The first-order chi connectivity index (χ1) is 13.2. The summed E-state index contributed by atoms with van der Waals surface area (Å²) in [7, 11) is 1.06. The molecule has 1 unspecified atom stereocenters. The van der Waals surface area contributed by atoms with Crippen LogP contribution < -0.4 is 10.6 Å². The molecule has 148 valence electrons. The van der Waals surface area contributed by atoms with Crippen molar-refractivity contribution < 1.29 is 27.9 Å². The van der Waals surface area contributed by atoms with Crippen molar-refractivity contribution in [2.24, 2.45) is 0 Å². The number of benzene rings is 2. The van der Waals surface area contributed by atoms with Crippen LogP contribution in [0.25, 0.3) is 0 Å². The molecule has 0 fully saturated rings. The summed E-state index contributed by atoms with van der Waals surface area (Å²) in [6.45, 7) is 3.22. The molecular formula is C20H20F2N2O4. The predicted octanol–water partition coefficient (Wildman–Crippen LogP) is 3.27. The Kier molecular flexibility index (Phi) is 6.81. The second kappa shape index (κ2) is 9.07. The van der Waals surface area contributed by atoms with Crippen LogP contribution >= 0.6 is 0 Å². The number of carbonyl (C=O) groups excluding carboxylic acids is 3. The number of ether oxygens (including phenoxy) is 1. The molecule has 2 amide bonds. The van der Waals surface area contributed by atoms with Crippen molar-refractivity contribution in [2.45, 2.75) is 26.3 Å². The van der Waals surface area contributed by atoms with E-state index in [9.17, 15) is 23.2 Å². The van der Waals surface area contributed by atoms with Crippen molar-refractivity contribution >= 4 is 23.5 Å². The lowest BCUT2D eigenvalue weighted by Crippen LogP contribution is -2.30. The highest BCUT2D eigenvalue weighted by Crippen LogP contribution is 2.23. The van der Waals surface area contributed by atoms with E-state index in [1.54, 1.807) is 12.1 Å². The van der Waals surface area contributed by atoms with Gasteiger partial charge in [-0.2, -0.15) is 0 Å². The SMILES string of the molecule is COC(=O)c1cc(NC(=O)CC(NC(C)=O)c2ccc(C)cc2)c(F)cc1F. The number of rotatable bonds is 6. The van der Waals surface area contributed by atoms with Gasteiger partial charge in [-0.25, -0.2) is 13.6 Å². The third-order valence-electron chi connectivity index (χ3n) is 3.98. The summed E-state index contributed by atoms with van der Waals surface area (Å²) in [5.74, 6) is -4.09. The average molecular weight is 390 g/mol. The van der Waals surface area contributed by atoms with Crippen LogP contribution in [0.3, 0.4) is 0 Å². The molecule has 0 bridgehead atoms. The topological polar surface area (TPSA) is 84.5 Å². The lowest BCUT2D eigenvalue weighted by molar-refractivity contribution is -0.120. The minimum absolute atomic E-state index is 0.187. The fourth-order valence-electron chi connectivity index (χ4n) is 2.59. The molecule has 0 heterocycles. The van der Waals surface area contributed by atoms with Gasteiger partial charge < -0.3 is 15.4 Å². The van der Waals surface area contributed by atoms with Gasteiger partial charge in [0.25, 0.3) is 0 Å². The second-order valence-electron chi connectivity index (χ2n) is 6.22. The van der Waals surface area contributed by atoms with E-state index >= 15 is 0 Å². The van der Waals surface area contributed by atoms with Gasteiger partial charge in [-0.15, -0.1) is 0 Å². The molecule has 0 radical (unpaired) electrons. The molecule has 28 heavy (non-hydrogen) atoms. The highest BCUT2D eigenvalue weighted by Gasteiger charge is 2.21. The molecule has 0 aliphatic carbocycles. The maximum absolute atomic E-state index is 14.0. The first kappa shape index (κ1) is 21.0. The van der Waals surface area contributed by atoms with E-state index in [0.717, 1.165) is 18.7 Å². The molecule has 0 aromatic heterocycles. The first-order valence-electron chi connectivity index (χ1n) is 8.42. The Balaban J connectivity index is 2.21. The highest BCUT2D eigenvalue weighted by atomic mass is 19.1. The lowest BCUT2D eigenvalue weighted by Gasteiger charge is -2.18. The molecule has 0 saturated carbocycles. The van der Waals surface area contributed by atoms with Crippen LogP contribution in [0.5, 0.6) is 0 Å². The number of esters is 1. The first-order valence-corrected chi connectivity index (χ1v) is 8.42. The van der Waals surface area contributed by atoms with Crippen LogP contribution in [0, 0.1) is 18.6 Å². The Morgan fingerprint density at radius 3 is 2.29 bits per heavy atom. The quantitative estimate of drug-likeness (QED) is 0.742. The van der Waals surface area contributed by atoms with Gasteiger partial charge in [0.05, 0.1) is 30.8 Å². The summed E-state index contributed by atoms with van der Waals surface area (Å²) >= 11 is 0. The Bertz CT molecular complexity index is 898. The smallest absolute Gasteiger partial charge is 0.340 e. The Labute approximate surface area is 160 Å². The molecule has 0 saturated heterocycles. The van der Waals surface area contributed by atoms with E-state index in [2.05, 4.69) is 15.4 Å². The minimum Gasteiger partial charge on any atom is -0.465 e. The molecular weight excluding hydrogens is 370 g/mol. The number of nitrogens with one attached hydrogen (secondary N) is 2. The molecule has 8 heteroatoms. The van der Waals surface area contributed by atoms with Crippen molar-refractivity contribution in [3.63, 3.8) is 0 Å². The van der Waals surface area contributed by atoms with Crippen LogP contribution in [-0.2, 0) is 14.3 Å². The number of hydrogen-bond acceptors (Lipinski definition) is 4. The summed E-state index contributed by atoms with van der Waals surface area (Å²) in [6, 6.07) is 7.95. The zero-order chi connectivity index (χ0) is 20.8. The van der Waals surface area contributed by atoms with E-state index in [1.807, 2.05) is 19.1 Å². The third kappa shape index (κ3) is 5.35. The van der Waals surface area contributed by atoms with Gasteiger partial charge in [0.2, 0.25) is 11.8 Å². The van der Waals surface area contributed by atoms with Crippen LogP contribution in [-0.4, -0.2) is 24.9 Å². The fourth-order valence-corrected chi connectivity index (χ4v) is 2.59. The van der Waals surface area contributed by atoms with Gasteiger partial charge in [-0.3, -0.25) is 9.59 Å². The standard InChI is InChI=1S/C20H20F2N2O4/c1-11-4-6-13(7-5-11)17(23-12(2)25)10-19(26)24-18-8-14(20(27)28-3)15(21)9-16(18)22/h4-9,17H,10H2,1-3H3,(H,23,25)(H,24,26). The molecule has 6 nitrogen and oxygen atoms in total. The largest absolute Gasteiger partial charge is 0.465 e. The third-order valence-corrected chi connectivity index (χ3v) is 3.98. The molecule has 1 atom stereocenters. The zero-order valence-corrected chi connectivity index (χ0v) is 15.6. The normalized spacial score (nSPS) is 11.5. The monoisotopic (exact) mass is 390 g/mol. The number of anilines is 1. The van der Waals surface area contributed by atoms with Crippen molar-refractivity contribution in [3.8, 4) is 0 Å². The number of hydrogen-bond donors (Lipinski definition) is 2. The van der Waals surface area contributed by atoms with Crippen LogP contribution in [0.15, 0.2) is 36.4 Å². The summed E-state index contributed by atoms with van der Waals surface area (Å²) < 4.78 is 32.1. The molecule has 0 aliphatic heterocycles. The Morgan fingerprint density at radius 1 is 1.07 bits per heavy atom. The van der Waals surface area contributed by atoms with Crippen LogP contribution in [0.2, 0.25) is 0 Å². The highest BCUT2D eigenvalue weighted by molar-refractivity contribution is 5.95. The van der Waals surface area contributed by atoms with Gasteiger partial charge in [-0.1, -0.05) is 29.8 Å². The number of amides is 2. The molecule has 0 spiro atoms. The van der Waals surface area contributed by atoms with Crippen molar-refractivity contribution in [1.29, 1.82) is 0 Å². The van der Waals surface area contributed by atoms with Crippen molar-refractivity contribution in [2.75, 3.05) is 12.4 Å².